The van der Waals surface area contributed by atoms with Gasteiger partial charge in [0.25, 0.3) is 5.56 Å². The van der Waals surface area contributed by atoms with Gasteiger partial charge < -0.3 is 9.30 Å². The molecule has 0 aliphatic heterocycles. The molecular weight excluding hydrogens is 370 g/mol. The number of fused-ring (bicyclic) bond motifs is 3. The first-order valence-electron chi connectivity index (χ1n) is 9.41. The number of hydrogen-bond donors (Lipinski definition) is 0. The molecule has 0 N–H and O–H groups in total. The lowest BCUT2D eigenvalue weighted by Gasteiger charge is -2.06. The quantitative estimate of drug-likeness (QED) is 0.501. The second kappa shape index (κ2) is 7.56. The molecule has 0 fully saturated rings. The van der Waals surface area contributed by atoms with Gasteiger partial charge in [-0.2, -0.15) is 4.98 Å². The van der Waals surface area contributed by atoms with Gasteiger partial charge in [-0.1, -0.05) is 42.5 Å². The molecule has 0 bridgehead atoms. The Kier molecular flexibility index (Phi) is 4.94. The van der Waals surface area contributed by atoms with Crippen LogP contribution in [0.2, 0.25) is 0 Å². The molecule has 0 aliphatic rings. The molecule has 8 nitrogen and oxygen atoms in total. The molecule has 4 aromatic rings. The van der Waals surface area contributed by atoms with Crippen molar-refractivity contribution < 1.29 is 4.74 Å². The minimum absolute atomic E-state index is 0.187. The van der Waals surface area contributed by atoms with E-state index in [9.17, 15) is 9.59 Å². The first-order chi connectivity index (χ1) is 14.0. The Morgan fingerprint density at radius 3 is 2.62 bits per heavy atom. The molecule has 1 aromatic carbocycles. The molecule has 0 unspecified atom stereocenters. The average Bonchev–Trinajstić information content (AvgIpc) is 3.23. The van der Waals surface area contributed by atoms with Crippen LogP contribution in [0.4, 0.5) is 0 Å². The maximum absolute atomic E-state index is 13.2. The van der Waals surface area contributed by atoms with Crippen LogP contribution < -0.4 is 11.2 Å². The number of aromatic nitrogens is 5. The molecule has 0 saturated heterocycles. The van der Waals surface area contributed by atoms with Crippen LogP contribution in [0.3, 0.4) is 0 Å². The number of allylic oxidation sites excluding steroid dienone is 1. The minimum Gasteiger partial charge on any atom is -0.383 e. The summed E-state index contributed by atoms with van der Waals surface area (Å²) < 4.78 is 11.6. The van der Waals surface area contributed by atoms with Crippen LogP contribution in [0.15, 0.2) is 52.2 Å². The summed E-state index contributed by atoms with van der Waals surface area (Å²) in [5.41, 5.74) is 2.02. The zero-order valence-corrected chi connectivity index (χ0v) is 16.7. The van der Waals surface area contributed by atoms with Crippen LogP contribution in [0.25, 0.3) is 23.0 Å². The van der Waals surface area contributed by atoms with Crippen LogP contribution in [0.5, 0.6) is 0 Å². The average molecular weight is 393 g/mol. The van der Waals surface area contributed by atoms with Crippen LogP contribution in [-0.2, 0) is 24.9 Å². The second-order valence-electron chi connectivity index (χ2n) is 6.94. The molecule has 0 atom stereocenters. The zero-order valence-electron chi connectivity index (χ0n) is 16.7. The van der Waals surface area contributed by atoms with Gasteiger partial charge >= 0.3 is 5.69 Å². The van der Waals surface area contributed by atoms with Gasteiger partial charge in [-0.15, -0.1) is 0 Å². The SMILES string of the molecule is COCCn1c(C)cn2c3c(=O)n(C/C=C/c4ccccc4)c(=O)n(C)c3nc12. The fraction of sp³-hybridized carbons (Fsp3) is 0.286. The molecule has 0 spiro atoms. The van der Waals surface area contributed by atoms with E-state index in [0.29, 0.717) is 30.1 Å². The van der Waals surface area contributed by atoms with E-state index in [-0.39, 0.29) is 17.8 Å². The molecule has 3 aromatic heterocycles. The Balaban J connectivity index is 1.84. The lowest BCUT2D eigenvalue weighted by atomic mass is 10.2. The first-order valence-corrected chi connectivity index (χ1v) is 9.41. The van der Waals surface area contributed by atoms with E-state index in [2.05, 4.69) is 4.98 Å². The fourth-order valence-electron chi connectivity index (χ4n) is 3.53. The normalized spacial score (nSPS) is 12.0. The van der Waals surface area contributed by atoms with E-state index < -0.39 is 0 Å². The first kappa shape index (κ1) is 18.9. The van der Waals surface area contributed by atoms with Gasteiger partial charge in [-0.3, -0.25) is 18.3 Å². The third kappa shape index (κ3) is 3.21. The number of aryl methyl sites for hydroxylation is 2. The summed E-state index contributed by atoms with van der Waals surface area (Å²) in [6, 6.07) is 9.75. The van der Waals surface area contributed by atoms with Gasteiger partial charge in [-0.25, -0.2) is 4.79 Å². The van der Waals surface area contributed by atoms with Crippen LogP contribution in [0.1, 0.15) is 11.3 Å². The highest BCUT2D eigenvalue weighted by atomic mass is 16.5. The van der Waals surface area contributed by atoms with Crippen molar-refractivity contribution in [2.24, 2.45) is 7.05 Å². The monoisotopic (exact) mass is 393 g/mol. The summed E-state index contributed by atoms with van der Waals surface area (Å²) in [4.78, 5) is 30.5. The van der Waals surface area contributed by atoms with E-state index in [0.717, 1.165) is 11.3 Å². The predicted molar refractivity (Wildman–Crippen MR) is 112 cm³/mol. The summed E-state index contributed by atoms with van der Waals surface area (Å²) in [5.74, 6) is 0.624. The summed E-state index contributed by atoms with van der Waals surface area (Å²) in [7, 11) is 3.28. The van der Waals surface area contributed by atoms with E-state index in [1.54, 1.807) is 18.6 Å². The number of methoxy groups -OCH3 is 1. The van der Waals surface area contributed by atoms with E-state index in [1.165, 1.54) is 9.13 Å². The Labute approximate surface area is 166 Å². The van der Waals surface area contributed by atoms with Crippen molar-refractivity contribution >= 4 is 23.0 Å². The van der Waals surface area contributed by atoms with Crippen LogP contribution in [0, 0.1) is 6.92 Å². The summed E-state index contributed by atoms with van der Waals surface area (Å²) in [5, 5.41) is 0. The van der Waals surface area contributed by atoms with Gasteiger partial charge in [0, 0.05) is 39.1 Å². The van der Waals surface area contributed by atoms with Gasteiger partial charge in [0.2, 0.25) is 5.78 Å². The van der Waals surface area contributed by atoms with Crippen molar-refractivity contribution in [1.29, 1.82) is 0 Å². The summed E-state index contributed by atoms with van der Waals surface area (Å²) in [6.45, 7) is 3.29. The van der Waals surface area contributed by atoms with E-state index in [4.69, 9.17) is 4.74 Å². The minimum atomic E-state index is -0.388. The highest BCUT2D eigenvalue weighted by Gasteiger charge is 2.19. The Hall–Kier alpha value is -3.39. The molecule has 4 rings (SSSR count). The van der Waals surface area contributed by atoms with Crippen molar-refractivity contribution in [1.82, 2.24) is 23.1 Å². The van der Waals surface area contributed by atoms with Gasteiger partial charge in [0.1, 0.15) is 0 Å². The molecule has 0 radical (unpaired) electrons. The molecule has 0 amide bonds. The van der Waals surface area contributed by atoms with Crippen molar-refractivity contribution in [3.63, 3.8) is 0 Å². The van der Waals surface area contributed by atoms with Crippen molar-refractivity contribution in [2.75, 3.05) is 13.7 Å². The Morgan fingerprint density at radius 2 is 1.90 bits per heavy atom. The molecule has 29 heavy (non-hydrogen) atoms. The lowest BCUT2D eigenvalue weighted by Crippen LogP contribution is -2.39. The molecule has 8 heteroatoms. The van der Waals surface area contributed by atoms with Gasteiger partial charge in [0.05, 0.1) is 6.61 Å². The third-order valence-electron chi connectivity index (χ3n) is 5.06. The fourth-order valence-corrected chi connectivity index (χ4v) is 3.53. The zero-order chi connectivity index (χ0) is 20.5. The second-order valence-corrected chi connectivity index (χ2v) is 6.94. The number of benzene rings is 1. The van der Waals surface area contributed by atoms with E-state index in [1.807, 2.05) is 60.2 Å². The van der Waals surface area contributed by atoms with Crippen LogP contribution >= 0.6 is 0 Å². The highest BCUT2D eigenvalue weighted by molar-refractivity contribution is 5.75. The lowest BCUT2D eigenvalue weighted by molar-refractivity contribution is 0.187. The van der Waals surface area contributed by atoms with E-state index >= 15 is 0 Å². The highest BCUT2D eigenvalue weighted by Crippen LogP contribution is 2.16. The Morgan fingerprint density at radius 1 is 1.14 bits per heavy atom. The van der Waals surface area contributed by atoms with Crippen LogP contribution in [-0.4, -0.2) is 36.8 Å². The third-order valence-corrected chi connectivity index (χ3v) is 5.06. The van der Waals surface area contributed by atoms with Crippen molar-refractivity contribution in [3.8, 4) is 0 Å². The molecule has 0 saturated carbocycles. The van der Waals surface area contributed by atoms with Gasteiger partial charge in [0.15, 0.2) is 11.2 Å². The molecule has 0 aliphatic carbocycles. The standard InChI is InChI=1S/C21H23N5O3/c1-15-14-26-17-18(22-20(26)24(15)12-13-29-3)23(2)21(28)25(19(17)27)11-7-10-16-8-5-4-6-9-16/h4-10,14H,11-13H2,1-3H3/b10-7+. The number of nitrogens with zero attached hydrogens (tertiary/aromatic N) is 5. The van der Waals surface area contributed by atoms with Crippen molar-refractivity contribution in [2.45, 2.75) is 20.0 Å². The largest absolute Gasteiger partial charge is 0.383 e. The molecule has 150 valence electrons. The van der Waals surface area contributed by atoms with Crippen molar-refractivity contribution in [3.05, 3.63) is 74.7 Å². The number of rotatable bonds is 6. The molecule has 3 heterocycles. The number of imidazole rings is 2. The topological polar surface area (TPSA) is 75.5 Å². The Bertz CT molecular complexity index is 1320. The number of hydrogen-bond acceptors (Lipinski definition) is 4. The maximum Gasteiger partial charge on any atom is 0.332 e. The molecular formula is C21H23N5O3. The number of ether oxygens (including phenoxy) is 1. The summed E-state index contributed by atoms with van der Waals surface area (Å²) in [6.07, 6.45) is 5.58. The van der Waals surface area contributed by atoms with Gasteiger partial charge in [-0.05, 0) is 12.5 Å². The summed E-state index contributed by atoms with van der Waals surface area (Å²) >= 11 is 0. The smallest absolute Gasteiger partial charge is 0.332 e. The predicted octanol–water partition coefficient (Wildman–Crippen LogP) is 1.82. The maximum atomic E-state index is 13.2.